The summed E-state index contributed by atoms with van der Waals surface area (Å²) < 4.78 is 1.80. The number of hydrogen-bond acceptors (Lipinski definition) is 2. The van der Waals surface area contributed by atoms with Gasteiger partial charge in [-0.05, 0) is 24.3 Å². The van der Waals surface area contributed by atoms with Gasteiger partial charge in [-0.15, -0.1) is 0 Å². The van der Waals surface area contributed by atoms with Gasteiger partial charge in [0, 0.05) is 25.6 Å². The summed E-state index contributed by atoms with van der Waals surface area (Å²) in [6.45, 7) is 10.6. The maximum atomic E-state index is 12.0. The lowest BCUT2D eigenvalue weighted by Crippen LogP contribution is -2.21. The summed E-state index contributed by atoms with van der Waals surface area (Å²) in [5.41, 5.74) is 2.17. The Hall–Kier alpha value is -1.12. The van der Waals surface area contributed by atoms with Crippen molar-refractivity contribution in [2.75, 3.05) is 0 Å². The Morgan fingerprint density at radius 2 is 2.06 bits per heavy atom. The van der Waals surface area contributed by atoms with Crippen molar-refractivity contribution in [1.82, 2.24) is 9.78 Å². The molecular formula is C14H24N2O. The van der Waals surface area contributed by atoms with E-state index in [-0.39, 0.29) is 5.41 Å². The summed E-state index contributed by atoms with van der Waals surface area (Å²) in [7, 11) is 1.89. The number of rotatable bonds is 4. The van der Waals surface area contributed by atoms with Crippen molar-refractivity contribution in [3.05, 3.63) is 17.5 Å². The monoisotopic (exact) mass is 236 g/mol. The largest absolute Gasteiger partial charge is 0.299 e. The summed E-state index contributed by atoms with van der Waals surface area (Å²) in [6, 6.07) is 1.99. The minimum Gasteiger partial charge on any atom is -0.299 e. The van der Waals surface area contributed by atoms with Crippen molar-refractivity contribution in [1.29, 1.82) is 0 Å². The first kappa shape index (κ1) is 13.9. The van der Waals surface area contributed by atoms with E-state index in [9.17, 15) is 4.79 Å². The number of hydrogen-bond donors (Lipinski definition) is 0. The summed E-state index contributed by atoms with van der Waals surface area (Å²) in [4.78, 5) is 12.0. The van der Waals surface area contributed by atoms with Crippen LogP contribution in [0.25, 0.3) is 0 Å². The van der Waals surface area contributed by atoms with Crippen LogP contribution in [0.15, 0.2) is 6.07 Å². The fourth-order valence-corrected chi connectivity index (χ4v) is 1.75. The maximum absolute atomic E-state index is 12.0. The molecule has 0 aliphatic carbocycles. The minimum absolute atomic E-state index is 0.192. The smallest absolute Gasteiger partial charge is 0.139 e. The molecule has 1 aromatic heterocycles. The van der Waals surface area contributed by atoms with Crippen LogP contribution in [0.5, 0.6) is 0 Å². The van der Waals surface area contributed by atoms with Crippen LogP contribution in [0.2, 0.25) is 0 Å². The molecule has 0 bridgehead atoms. The van der Waals surface area contributed by atoms with Gasteiger partial charge in [0.15, 0.2) is 0 Å². The third-order valence-corrected chi connectivity index (χ3v) is 3.49. The third kappa shape index (κ3) is 3.99. The van der Waals surface area contributed by atoms with Crippen LogP contribution in [0.1, 0.15) is 45.5 Å². The zero-order valence-corrected chi connectivity index (χ0v) is 11.9. The predicted molar refractivity (Wildman–Crippen MR) is 69.9 cm³/mol. The lowest BCUT2D eigenvalue weighted by molar-refractivity contribution is -0.120. The number of aromatic nitrogens is 2. The molecule has 3 heteroatoms. The van der Waals surface area contributed by atoms with Gasteiger partial charge in [-0.2, -0.15) is 5.10 Å². The highest BCUT2D eigenvalue weighted by atomic mass is 16.1. The van der Waals surface area contributed by atoms with Gasteiger partial charge >= 0.3 is 0 Å². The average Bonchev–Trinajstić information content (AvgIpc) is 2.43. The van der Waals surface area contributed by atoms with E-state index in [0.717, 1.165) is 11.4 Å². The molecular weight excluding hydrogens is 212 g/mol. The molecule has 0 spiro atoms. The zero-order chi connectivity index (χ0) is 13.2. The first-order valence-electron chi connectivity index (χ1n) is 6.21. The van der Waals surface area contributed by atoms with E-state index in [1.54, 1.807) is 4.68 Å². The molecule has 0 N–H and O–H groups in total. The van der Waals surface area contributed by atoms with E-state index in [0.29, 0.717) is 24.5 Å². The van der Waals surface area contributed by atoms with Gasteiger partial charge in [-0.3, -0.25) is 9.48 Å². The third-order valence-electron chi connectivity index (χ3n) is 3.49. The first-order valence-corrected chi connectivity index (χ1v) is 6.21. The Bertz CT molecular complexity index is 399. The summed E-state index contributed by atoms with van der Waals surface area (Å²) in [6.07, 6.45) is 1.14. The Balaban J connectivity index is 2.59. The molecule has 1 rings (SSSR count). The molecule has 17 heavy (non-hydrogen) atoms. The van der Waals surface area contributed by atoms with Gasteiger partial charge < -0.3 is 0 Å². The number of aryl methyl sites for hydroxylation is 2. The van der Waals surface area contributed by atoms with Crippen molar-refractivity contribution >= 4 is 5.78 Å². The zero-order valence-electron chi connectivity index (χ0n) is 11.9. The van der Waals surface area contributed by atoms with Crippen LogP contribution >= 0.6 is 0 Å². The van der Waals surface area contributed by atoms with Gasteiger partial charge in [0.05, 0.1) is 5.69 Å². The Kier molecular flexibility index (Phi) is 4.12. The SMILES string of the molecule is Cc1cc(CC(=O)CC(C)C(C)(C)C)n(C)n1. The lowest BCUT2D eigenvalue weighted by atomic mass is 9.79. The summed E-state index contributed by atoms with van der Waals surface area (Å²) in [5.74, 6) is 0.708. The van der Waals surface area contributed by atoms with E-state index < -0.39 is 0 Å². The second-order valence-corrected chi connectivity index (χ2v) is 6.09. The molecule has 1 heterocycles. The molecule has 0 aliphatic heterocycles. The van der Waals surface area contributed by atoms with Crippen molar-refractivity contribution in [3.63, 3.8) is 0 Å². The molecule has 1 unspecified atom stereocenters. The standard InChI is InChI=1S/C14H24N2O/c1-10(14(3,4)5)7-13(17)9-12-8-11(2)15-16(12)6/h8,10H,7,9H2,1-6H3. The molecule has 0 radical (unpaired) electrons. The van der Waals surface area contributed by atoms with Crippen molar-refractivity contribution in [2.24, 2.45) is 18.4 Å². The van der Waals surface area contributed by atoms with Crippen molar-refractivity contribution < 1.29 is 4.79 Å². The molecule has 0 aromatic carbocycles. The molecule has 1 aromatic rings. The highest BCUT2D eigenvalue weighted by Gasteiger charge is 2.22. The average molecular weight is 236 g/mol. The molecule has 0 aliphatic rings. The maximum Gasteiger partial charge on any atom is 0.139 e. The number of ketones is 1. The van der Waals surface area contributed by atoms with Gasteiger partial charge in [0.1, 0.15) is 5.78 Å². The number of carbonyl (C=O) groups is 1. The van der Waals surface area contributed by atoms with Crippen LogP contribution in [0, 0.1) is 18.3 Å². The quantitative estimate of drug-likeness (QED) is 0.805. The van der Waals surface area contributed by atoms with Gasteiger partial charge in [-0.25, -0.2) is 0 Å². The van der Waals surface area contributed by atoms with E-state index in [2.05, 4.69) is 32.8 Å². The molecule has 3 nitrogen and oxygen atoms in total. The van der Waals surface area contributed by atoms with Crippen molar-refractivity contribution in [2.45, 2.75) is 47.5 Å². The molecule has 96 valence electrons. The summed E-state index contributed by atoms with van der Waals surface area (Å²) >= 11 is 0. The van der Waals surface area contributed by atoms with E-state index in [4.69, 9.17) is 0 Å². The number of carbonyl (C=O) groups excluding carboxylic acids is 1. The van der Waals surface area contributed by atoms with E-state index in [1.165, 1.54) is 0 Å². The second-order valence-electron chi connectivity index (χ2n) is 6.09. The van der Waals surface area contributed by atoms with Crippen LogP contribution in [0.3, 0.4) is 0 Å². The Morgan fingerprint density at radius 1 is 1.47 bits per heavy atom. The normalized spacial score (nSPS) is 13.8. The van der Waals surface area contributed by atoms with Crippen LogP contribution < -0.4 is 0 Å². The van der Waals surface area contributed by atoms with Crippen molar-refractivity contribution in [3.8, 4) is 0 Å². The fourth-order valence-electron chi connectivity index (χ4n) is 1.75. The number of nitrogens with zero attached hydrogens (tertiary/aromatic N) is 2. The molecule has 0 amide bonds. The molecule has 0 fully saturated rings. The van der Waals surface area contributed by atoms with Crippen LogP contribution in [-0.2, 0) is 18.3 Å². The Labute approximate surface area is 104 Å². The van der Waals surface area contributed by atoms with Crippen LogP contribution in [0.4, 0.5) is 0 Å². The van der Waals surface area contributed by atoms with Gasteiger partial charge in [-0.1, -0.05) is 27.7 Å². The van der Waals surface area contributed by atoms with Gasteiger partial charge in [0.25, 0.3) is 0 Å². The van der Waals surface area contributed by atoms with Gasteiger partial charge in [0.2, 0.25) is 0 Å². The first-order chi connectivity index (χ1) is 7.70. The van der Waals surface area contributed by atoms with Crippen LogP contribution in [-0.4, -0.2) is 15.6 Å². The highest BCUT2D eigenvalue weighted by Crippen LogP contribution is 2.28. The highest BCUT2D eigenvalue weighted by molar-refractivity contribution is 5.80. The number of Topliss-reactive ketones (excluding diaryl/α,β-unsaturated/α-hetero) is 1. The topological polar surface area (TPSA) is 34.9 Å². The fraction of sp³-hybridized carbons (Fsp3) is 0.714. The van der Waals surface area contributed by atoms with E-state index in [1.807, 2.05) is 20.0 Å². The molecule has 0 saturated heterocycles. The molecule has 0 saturated carbocycles. The predicted octanol–water partition coefficient (Wildman–Crippen LogP) is 2.91. The Morgan fingerprint density at radius 3 is 2.47 bits per heavy atom. The summed E-state index contributed by atoms with van der Waals surface area (Å²) in [5, 5.41) is 4.26. The molecule has 1 atom stereocenters. The second kappa shape index (κ2) is 5.03. The lowest BCUT2D eigenvalue weighted by Gasteiger charge is -2.26. The van der Waals surface area contributed by atoms with E-state index >= 15 is 0 Å². The minimum atomic E-state index is 0.192.